The maximum absolute atomic E-state index is 13.4. The number of methoxy groups -OCH3 is 2. The number of aromatic nitrogens is 1. The summed E-state index contributed by atoms with van der Waals surface area (Å²) >= 11 is 0. The number of nitrogens with one attached hydrogen (secondary N) is 2. The zero-order valence-corrected chi connectivity index (χ0v) is 17.7. The van der Waals surface area contributed by atoms with Crippen LogP contribution in [0.15, 0.2) is 47.7 Å². The third kappa shape index (κ3) is 3.82. The minimum Gasteiger partial charge on any atom is -0.494 e. The standard InChI is InChI=1S/C22H23N5O4/c1-5-31-14-8-6-7-13(9-14)21(28)20-16-11-19(30-4)18(29-3)10-15(16)17(12-23-20)22-24-26-27(2)25-22/h6-12,26H,5H2,1-4H3,(H,24,25). The van der Waals surface area contributed by atoms with Gasteiger partial charge >= 0.3 is 0 Å². The number of fused-ring (bicyclic) bond motifs is 1. The number of hydrogen-bond acceptors (Lipinski definition) is 9. The molecule has 0 bridgehead atoms. The largest absolute Gasteiger partial charge is 0.494 e. The minimum absolute atomic E-state index is 0.220. The lowest BCUT2D eigenvalue weighted by atomic mass is 9.98. The van der Waals surface area contributed by atoms with Gasteiger partial charge in [0.1, 0.15) is 11.4 Å². The molecule has 0 aliphatic carbocycles. The van der Waals surface area contributed by atoms with Gasteiger partial charge in [0.15, 0.2) is 17.3 Å². The van der Waals surface area contributed by atoms with Crippen molar-refractivity contribution >= 4 is 22.4 Å². The van der Waals surface area contributed by atoms with E-state index in [1.807, 2.05) is 19.1 Å². The third-order valence-corrected chi connectivity index (χ3v) is 4.85. The molecule has 2 N–H and O–H groups in total. The van der Waals surface area contributed by atoms with E-state index in [4.69, 9.17) is 14.2 Å². The first-order chi connectivity index (χ1) is 15.0. The quantitative estimate of drug-likeness (QED) is 0.562. The summed E-state index contributed by atoms with van der Waals surface area (Å²) in [4.78, 5) is 17.9. The van der Waals surface area contributed by atoms with E-state index in [1.54, 1.807) is 56.8 Å². The Labute approximate surface area is 179 Å². The Morgan fingerprint density at radius 3 is 2.48 bits per heavy atom. The van der Waals surface area contributed by atoms with Gasteiger partial charge in [0.2, 0.25) is 5.78 Å². The third-order valence-electron chi connectivity index (χ3n) is 4.85. The summed E-state index contributed by atoms with van der Waals surface area (Å²) in [5.74, 6) is 2.03. The van der Waals surface area contributed by atoms with E-state index in [9.17, 15) is 4.79 Å². The molecule has 0 saturated carbocycles. The Morgan fingerprint density at radius 2 is 1.84 bits per heavy atom. The van der Waals surface area contributed by atoms with Gasteiger partial charge < -0.3 is 14.2 Å². The Hall–Kier alpha value is -3.85. The minimum atomic E-state index is -0.220. The lowest BCUT2D eigenvalue weighted by Crippen LogP contribution is -2.37. The van der Waals surface area contributed by atoms with Crippen LogP contribution in [0, 0.1) is 0 Å². The van der Waals surface area contributed by atoms with Crippen molar-refractivity contribution in [1.82, 2.24) is 21.1 Å². The van der Waals surface area contributed by atoms with E-state index in [-0.39, 0.29) is 5.78 Å². The highest BCUT2D eigenvalue weighted by molar-refractivity contribution is 6.19. The molecule has 1 aliphatic heterocycles. The van der Waals surface area contributed by atoms with Crippen molar-refractivity contribution < 1.29 is 19.0 Å². The van der Waals surface area contributed by atoms with E-state index in [0.717, 1.165) is 5.39 Å². The van der Waals surface area contributed by atoms with Gasteiger partial charge in [-0.25, -0.2) is 5.53 Å². The molecule has 0 radical (unpaired) electrons. The Morgan fingerprint density at radius 1 is 1.10 bits per heavy atom. The fraction of sp³-hybridized carbons (Fsp3) is 0.227. The number of carbonyl (C=O) groups is 1. The van der Waals surface area contributed by atoms with Gasteiger partial charge in [-0.2, -0.15) is 0 Å². The van der Waals surface area contributed by atoms with Crippen molar-refractivity contribution in [2.45, 2.75) is 6.92 Å². The number of hydrogen-bond donors (Lipinski definition) is 2. The normalized spacial score (nSPS) is 13.4. The summed E-state index contributed by atoms with van der Waals surface area (Å²) in [5.41, 5.74) is 7.40. The highest BCUT2D eigenvalue weighted by Gasteiger charge is 2.23. The van der Waals surface area contributed by atoms with Crippen molar-refractivity contribution in [3.8, 4) is 17.2 Å². The first kappa shape index (κ1) is 20.4. The number of benzene rings is 2. The molecule has 0 saturated heterocycles. The number of hydrazone groups is 1. The summed E-state index contributed by atoms with van der Waals surface area (Å²) < 4.78 is 16.5. The van der Waals surface area contributed by atoms with Crippen molar-refractivity contribution in [2.24, 2.45) is 5.10 Å². The van der Waals surface area contributed by atoms with Crippen LogP contribution in [0.4, 0.5) is 0 Å². The monoisotopic (exact) mass is 421 g/mol. The first-order valence-corrected chi connectivity index (χ1v) is 9.72. The maximum atomic E-state index is 13.4. The molecule has 0 spiro atoms. The van der Waals surface area contributed by atoms with Gasteiger partial charge in [-0.3, -0.25) is 15.2 Å². The lowest BCUT2D eigenvalue weighted by Gasteiger charge is -2.15. The summed E-state index contributed by atoms with van der Waals surface area (Å²) in [6.45, 7) is 2.41. The molecule has 1 aliphatic rings. The lowest BCUT2D eigenvalue weighted by molar-refractivity contribution is 0.103. The Kier molecular flexibility index (Phi) is 5.59. The number of ether oxygens (including phenoxy) is 3. The highest BCUT2D eigenvalue weighted by Crippen LogP contribution is 2.35. The predicted molar refractivity (Wildman–Crippen MR) is 116 cm³/mol. The average Bonchev–Trinajstić information content (AvgIpc) is 3.23. The van der Waals surface area contributed by atoms with Crippen LogP contribution in [-0.4, -0.2) is 49.6 Å². The molecule has 31 heavy (non-hydrogen) atoms. The molecule has 0 unspecified atom stereocenters. The van der Waals surface area contributed by atoms with Crippen molar-refractivity contribution in [3.63, 3.8) is 0 Å². The number of hydrazine groups is 2. The summed E-state index contributed by atoms with van der Waals surface area (Å²) in [6.07, 6.45) is 1.63. The van der Waals surface area contributed by atoms with Crippen molar-refractivity contribution in [3.05, 3.63) is 59.4 Å². The van der Waals surface area contributed by atoms with Crippen LogP contribution >= 0.6 is 0 Å². The van der Waals surface area contributed by atoms with Crippen LogP contribution < -0.4 is 25.2 Å². The predicted octanol–water partition coefficient (Wildman–Crippen LogP) is 2.50. The SMILES string of the molecule is CCOc1cccc(C(=O)c2ncc(C3=NNN(C)N3)c3cc(OC)c(OC)cc23)c1. The number of amidine groups is 1. The Balaban J connectivity index is 1.90. The summed E-state index contributed by atoms with van der Waals surface area (Å²) in [6, 6.07) is 10.6. The fourth-order valence-corrected chi connectivity index (χ4v) is 3.42. The second kappa shape index (κ2) is 8.49. The number of pyridine rings is 1. The van der Waals surface area contributed by atoms with Gasteiger partial charge in [0, 0.05) is 35.1 Å². The first-order valence-electron chi connectivity index (χ1n) is 9.72. The molecule has 2 aromatic carbocycles. The van der Waals surface area contributed by atoms with Crippen LogP contribution in [0.3, 0.4) is 0 Å². The molecule has 2 heterocycles. The maximum Gasteiger partial charge on any atom is 0.212 e. The topological polar surface area (TPSA) is 97.3 Å². The highest BCUT2D eigenvalue weighted by atomic mass is 16.5. The number of nitrogens with zero attached hydrogens (tertiary/aromatic N) is 3. The summed E-state index contributed by atoms with van der Waals surface area (Å²) in [5, 5.41) is 7.26. The fourth-order valence-electron chi connectivity index (χ4n) is 3.42. The van der Waals surface area contributed by atoms with E-state index < -0.39 is 0 Å². The van der Waals surface area contributed by atoms with Crippen LogP contribution in [-0.2, 0) is 0 Å². The van der Waals surface area contributed by atoms with Gasteiger partial charge in [-0.05, 0) is 31.2 Å². The van der Waals surface area contributed by atoms with Crippen LogP contribution in [0.5, 0.6) is 17.2 Å². The molecule has 0 amide bonds. The van der Waals surface area contributed by atoms with E-state index in [2.05, 4.69) is 21.0 Å². The van der Waals surface area contributed by atoms with Crippen molar-refractivity contribution in [2.75, 3.05) is 27.9 Å². The molecular weight excluding hydrogens is 398 g/mol. The molecule has 4 rings (SSSR count). The summed E-state index contributed by atoms with van der Waals surface area (Å²) in [7, 11) is 4.91. The Bertz CT molecular complexity index is 1180. The van der Waals surface area contributed by atoms with Gasteiger partial charge in [0.05, 0.1) is 20.8 Å². The smallest absolute Gasteiger partial charge is 0.212 e. The van der Waals surface area contributed by atoms with E-state index >= 15 is 0 Å². The molecule has 1 aromatic heterocycles. The molecule has 0 fully saturated rings. The number of rotatable bonds is 7. The number of ketones is 1. The van der Waals surface area contributed by atoms with Crippen LogP contribution in [0.1, 0.15) is 28.5 Å². The van der Waals surface area contributed by atoms with Gasteiger partial charge in [-0.1, -0.05) is 12.1 Å². The second-order valence-electron chi connectivity index (χ2n) is 6.79. The van der Waals surface area contributed by atoms with Gasteiger partial charge in [-0.15, -0.1) is 10.2 Å². The molecular formula is C22H23N5O4. The molecule has 3 aromatic rings. The van der Waals surface area contributed by atoms with Crippen molar-refractivity contribution in [1.29, 1.82) is 0 Å². The second-order valence-corrected chi connectivity index (χ2v) is 6.79. The number of carbonyl (C=O) groups excluding carboxylic acids is 1. The molecule has 0 atom stereocenters. The molecule has 9 nitrogen and oxygen atoms in total. The average molecular weight is 421 g/mol. The molecule has 9 heteroatoms. The zero-order chi connectivity index (χ0) is 22.0. The van der Waals surface area contributed by atoms with Gasteiger partial charge in [0.25, 0.3) is 0 Å². The van der Waals surface area contributed by atoms with E-state index in [1.165, 1.54) is 0 Å². The zero-order valence-electron chi connectivity index (χ0n) is 17.7. The van der Waals surface area contributed by atoms with Crippen LogP contribution in [0.25, 0.3) is 10.8 Å². The van der Waals surface area contributed by atoms with E-state index in [0.29, 0.717) is 51.9 Å². The van der Waals surface area contributed by atoms with Crippen LogP contribution in [0.2, 0.25) is 0 Å². The molecule has 160 valence electrons.